The molecule has 8 nitrogen and oxygen atoms in total. The number of quaternary nitrogens is 1. The van der Waals surface area contributed by atoms with Crippen LogP contribution in [-0.2, 0) is 27.9 Å². The van der Waals surface area contributed by atoms with Crippen molar-refractivity contribution >= 4 is 13.8 Å². The first-order chi connectivity index (χ1) is 24.1. The Morgan fingerprint density at radius 2 is 1.04 bits per heavy atom. The molecule has 9 heteroatoms. The van der Waals surface area contributed by atoms with Crippen molar-refractivity contribution in [3.8, 4) is 0 Å². The van der Waals surface area contributed by atoms with Crippen molar-refractivity contribution in [2.45, 2.75) is 193 Å². The van der Waals surface area contributed by atoms with Gasteiger partial charge in [0.25, 0.3) is 0 Å². The number of esters is 1. The summed E-state index contributed by atoms with van der Waals surface area (Å²) in [4.78, 5) is 22.8. The molecule has 0 bridgehead atoms. The molecular weight excluding hydrogens is 649 g/mol. The van der Waals surface area contributed by atoms with Crippen LogP contribution in [0.25, 0.3) is 0 Å². The standard InChI is InChI=1S/C41H82NO7P/c1-6-8-10-12-14-16-18-20-22-24-26-28-30-32-34-41(43)49-40(39-48-50(44,45)47-37-35-42(3,4)5)38-46-36-33-31-29-27-25-23-21-19-17-15-13-11-9-7-2/h18,20,40H,6-17,19,21-39H2,1-5H3/p+1/b20-18-. The summed E-state index contributed by atoms with van der Waals surface area (Å²) in [6.07, 6.45) is 36.6. The Balaban J connectivity index is 4.25. The third kappa shape index (κ3) is 38.5. The molecule has 0 aromatic carbocycles. The number of nitrogens with zero attached hydrogens (tertiary/aromatic N) is 1. The number of carbonyl (C=O) groups is 1. The fourth-order valence-electron chi connectivity index (χ4n) is 5.78. The smallest absolute Gasteiger partial charge is 0.457 e. The Kier molecular flexibility index (Phi) is 34.7. The second-order valence-electron chi connectivity index (χ2n) is 15.4. The molecule has 0 saturated heterocycles. The van der Waals surface area contributed by atoms with Crippen LogP contribution < -0.4 is 0 Å². The van der Waals surface area contributed by atoms with Crippen LogP contribution in [0.3, 0.4) is 0 Å². The van der Waals surface area contributed by atoms with Crippen LogP contribution in [-0.4, -0.2) is 75.6 Å². The summed E-state index contributed by atoms with van der Waals surface area (Å²) in [6.45, 7) is 5.63. The van der Waals surface area contributed by atoms with Gasteiger partial charge in [-0.1, -0.05) is 154 Å². The minimum absolute atomic E-state index is 0.0900. The number of phosphoric ester groups is 1. The molecule has 0 saturated carbocycles. The topological polar surface area (TPSA) is 91.3 Å². The quantitative estimate of drug-likeness (QED) is 0.0221. The van der Waals surface area contributed by atoms with Crippen LogP contribution >= 0.6 is 7.82 Å². The zero-order valence-electron chi connectivity index (χ0n) is 33.7. The van der Waals surface area contributed by atoms with E-state index in [-0.39, 0.29) is 25.8 Å². The lowest BCUT2D eigenvalue weighted by Gasteiger charge is -2.24. The lowest BCUT2D eigenvalue weighted by Crippen LogP contribution is -2.37. The van der Waals surface area contributed by atoms with E-state index in [0.717, 1.165) is 38.5 Å². The average molecular weight is 733 g/mol. The van der Waals surface area contributed by atoms with Gasteiger partial charge in [0.1, 0.15) is 19.3 Å². The Morgan fingerprint density at radius 1 is 0.600 bits per heavy atom. The second-order valence-corrected chi connectivity index (χ2v) is 16.8. The monoisotopic (exact) mass is 733 g/mol. The van der Waals surface area contributed by atoms with Gasteiger partial charge in [-0.05, 0) is 38.5 Å². The Morgan fingerprint density at radius 3 is 1.52 bits per heavy atom. The molecule has 0 aromatic heterocycles. The molecule has 0 aliphatic carbocycles. The lowest BCUT2D eigenvalue weighted by molar-refractivity contribution is -0.870. The van der Waals surface area contributed by atoms with Gasteiger partial charge in [-0.15, -0.1) is 0 Å². The van der Waals surface area contributed by atoms with E-state index in [9.17, 15) is 14.3 Å². The molecule has 1 N–H and O–H groups in total. The molecule has 0 fully saturated rings. The van der Waals surface area contributed by atoms with Crippen molar-refractivity contribution in [1.82, 2.24) is 0 Å². The van der Waals surface area contributed by atoms with Crippen LogP contribution in [0.15, 0.2) is 12.2 Å². The number of ether oxygens (including phenoxy) is 2. The summed E-state index contributed by atoms with van der Waals surface area (Å²) in [7, 11) is 1.67. The fraction of sp³-hybridized carbons (Fsp3) is 0.927. The van der Waals surface area contributed by atoms with Crippen molar-refractivity contribution in [3.63, 3.8) is 0 Å². The predicted molar refractivity (Wildman–Crippen MR) is 210 cm³/mol. The van der Waals surface area contributed by atoms with E-state index >= 15 is 0 Å². The number of carbonyl (C=O) groups excluding carboxylic acids is 1. The van der Waals surface area contributed by atoms with Gasteiger partial charge in [0.15, 0.2) is 0 Å². The van der Waals surface area contributed by atoms with Crippen LogP contribution in [0.2, 0.25) is 0 Å². The number of hydrogen-bond donors (Lipinski definition) is 1. The molecule has 0 radical (unpaired) electrons. The summed E-state index contributed by atoms with van der Waals surface area (Å²) >= 11 is 0. The maximum atomic E-state index is 12.6. The van der Waals surface area contributed by atoms with E-state index in [1.54, 1.807) is 0 Å². The molecule has 0 aliphatic rings. The largest absolute Gasteiger partial charge is 0.472 e. The highest BCUT2D eigenvalue weighted by Gasteiger charge is 2.26. The summed E-state index contributed by atoms with van der Waals surface area (Å²) in [5.74, 6) is -0.320. The second kappa shape index (κ2) is 35.3. The SMILES string of the molecule is CCCCCCC/C=C\CCCCCCCC(=O)OC(COCCCCCCCCCCCCCCCC)COP(=O)(O)OCC[N+](C)(C)C. The molecule has 0 aromatic rings. The highest BCUT2D eigenvalue weighted by Crippen LogP contribution is 2.43. The zero-order valence-corrected chi connectivity index (χ0v) is 34.5. The van der Waals surface area contributed by atoms with Crippen molar-refractivity contribution in [2.24, 2.45) is 0 Å². The first-order valence-corrected chi connectivity index (χ1v) is 22.4. The van der Waals surface area contributed by atoms with Gasteiger partial charge in [0.2, 0.25) is 0 Å². The molecule has 0 heterocycles. The first kappa shape index (κ1) is 49.2. The van der Waals surface area contributed by atoms with Gasteiger partial charge in [0, 0.05) is 13.0 Å². The Bertz CT molecular complexity index is 817. The van der Waals surface area contributed by atoms with Gasteiger partial charge in [0.05, 0.1) is 34.4 Å². The number of hydrogen-bond acceptors (Lipinski definition) is 6. The number of unbranched alkanes of at least 4 members (excludes halogenated alkanes) is 23. The number of likely N-dealkylation sites (N-methyl/N-ethyl adjacent to an activating group) is 1. The maximum absolute atomic E-state index is 12.6. The number of rotatable bonds is 39. The van der Waals surface area contributed by atoms with Crippen molar-refractivity contribution < 1.29 is 37.3 Å². The first-order valence-electron chi connectivity index (χ1n) is 20.9. The zero-order chi connectivity index (χ0) is 37.0. The molecule has 0 amide bonds. The average Bonchev–Trinajstić information content (AvgIpc) is 3.06. The summed E-state index contributed by atoms with van der Waals surface area (Å²) in [6, 6.07) is 0. The third-order valence-electron chi connectivity index (χ3n) is 9.08. The minimum atomic E-state index is -4.27. The van der Waals surface area contributed by atoms with E-state index in [1.807, 2.05) is 21.1 Å². The molecule has 298 valence electrons. The highest BCUT2D eigenvalue weighted by molar-refractivity contribution is 7.47. The molecule has 0 spiro atoms. The maximum Gasteiger partial charge on any atom is 0.472 e. The van der Waals surface area contributed by atoms with Gasteiger partial charge in [-0.3, -0.25) is 13.8 Å². The number of phosphoric acid groups is 1. The van der Waals surface area contributed by atoms with Gasteiger partial charge in [-0.2, -0.15) is 0 Å². The van der Waals surface area contributed by atoms with Crippen LogP contribution in [0.1, 0.15) is 187 Å². The van der Waals surface area contributed by atoms with Gasteiger partial charge in [-0.25, -0.2) is 4.57 Å². The molecular formula is C41H83NO7P+. The fourth-order valence-corrected chi connectivity index (χ4v) is 6.52. The van der Waals surface area contributed by atoms with E-state index in [4.69, 9.17) is 18.5 Å². The predicted octanol–water partition coefficient (Wildman–Crippen LogP) is 11.9. The van der Waals surface area contributed by atoms with Crippen molar-refractivity contribution in [1.29, 1.82) is 0 Å². The van der Waals surface area contributed by atoms with E-state index in [1.165, 1.54) is 128 Å². The summed E-state index contributed by atoms with van der Waals surface area (Å²) in [5, 5.41) is 0. The lowest BCUT2D eigenvalue weighted by atomic mass is 10.0. The van der Waals surface area contributed by atoms with Crippen molar-refractivity contribution in [2.75, 3.05) is 54.1 Å². The normalized spacial score (nSPS) is 14.0. The number of allylic oxidation sites excluding steroid dienone is 2. The molecule has 2 atom stereocenters. The van der Waals surface area contributed by atoms with Crippen molar-refractivity contribution in [3.05, 3.63) is 12.2 Å². The van der Waals surface area contributed by atoms with E-state index < -0.39 is 13.9 Å². The minimum Gasteiger partial charge on any atom is -0.457 e. The summed E-state index contributed by atoms with van der Waals surface area (Å²) < 4.78 is 34.9. The van der Waals surface area contributed by atoms with Crippen LogP contribution in [0.5, 0.6) is 0 Å². The van der Waals surface area contributed by atoms with Crippen LogP contribution in [0.4, 0.5) is 0 Å². The molecule has 50 heavy (non-hydrogen) atoms. The highest BCUT2D eigenvalue weighted by atomic mass is 31.2. The summed E-state index contributed by atoms with van der Waals surface area (Å²) in [5.41, 5.74) is 0. The van der Waals surface area contributed by atoms with Gasteiger partial charge < -0.3 is 18.9 Å². The Hall–Kier alpha value is -0.760. The van der Waals surface area contributed by atoms with E-state index in [0.29, 0.717) is 24.1 Å². The molecule has 0 aliphatic heterocycles. The Labute approximate surface area is 310 Å². The van der Waals surface area contributed by atoms with Gasteiger partial charge >= 0.3 is 13.8 Å². The molecule has 2 unspecified atom stereocenters. The molecule has 0 rings (SSSR count). The van der Waals surface area contributed by atoms with Crippen LogP contribution in [0, 0.1) is 0 Å². The third-order valence-corrected chi connectivity index (χ3v) is 10.1. The van der Waals surface area contributed by atoms with E-state index in [2.05, 4.69) is 26.0 Å².